The molecule has 2 unspecified atom stereocenters. The molecule has 1 aromatic heterocycles. The normalized spacial score (nSPS) is 33.5. The van der Waals surface area contributed by atoms with Crippen molar-refractivity contribution in [2.75, 3.05) is 31.2 Å². The van der Waals surface area contributed by atoms with E-state index in [1.54, 1.807) is 0 Å². The molecule has 2 fully saturated rings. The van der Waals surface area contributed by atoms with Gasteiger partial charge < -0.3 is 19.9 Å². The van der Waals surface area contributed by atoms with Gasteiger partial charge in [-0.1, -0.05) is 0 Å². The molecule has 2 saturated heterocycles. The quantitative estimate of drug-likeness (QED) is 0.797. The molecular weight excluding hydrogens is 220 g/mol. The van der Waals surface area contributed by atoms with Crippen LogP contribution in [-0.2, 0) is 10.2 Å². The highest BCUT2D eigenvalue weighted by Gasteiger charge is 2.44. The summed E-state index contributed by atoms with van der Waals surface area (Å²) < 4.78 is 10.8. The van der Waals surface area contributed by atoms with E-state index in [-0.39, 0.29) is 11.5 Å². The van der Waals surface area contributed by atoms with E-state index in [9.17, 15) is 0 Å². The van der Waals surface area contributed by atoms with Gasteiger partial charge in [0.05, 0.1) is 18.6 Å². The van der Waals surface area contributed by atoms with Gasteiger partial charge in [0.15, 0.2) is 0 Å². The summed E-state index contributed by atoms with van der Waals surface area (Å²) in [5, 5.41) is 4.05. The van der Waals surface area contributed by atoms with Gasteiger partial charge in [-0.15, -0.1) is 0 Å². The SMILES string of the molecule is CC1(c2nc(N3CCCC3)no2)COCC1N. The van der Waals surface area contributed by atoms with Crippen LogP contribution in [0.1, 0.15) is 25.7 Å². The smallest absolute Gasteiger partial charge is 0.266 e. The van der Waals surface area contributed by atoms with Gasteiger partial charge in [0.25, 0.3) is 5.95 Å². The maximum atomic E-state index is 6.04. The van der Waals surface area contributed by atoms with Gasteiger partial charge in [0, 0.05) is 19.1 Å². The predicted molar refractivity (Wildman–Crippen MR) is 61.9 cm³/mol. The number of hydrogen-bond acceptors (Lipinski definition) is 6. The molecule has 0 radical (unpaired) electrons. The number of ether oxygens (including phenoxy) is 1. The van der Waals surface area contributed by atoms with Gasteiger partial charge in [-0.2, -0.15) is 4.98 Å². The second-order valence-corrected chi connectivity index (χ2v) is 5.13. The molecule has 3 heterocycles. The topological polar surface area (TPSA) is 77.4 Å². The van der Waals surface area contributed by atoms with Gasteiger partial charge in [-0.3, -0.25) is 0 Å². The van der Waals surface area contributed by atoms with E-state index in [4.69, 9.17) is 15.0 Å². The number of rotatable bonds is 2. The summed E-state index contributed by atoms with van der Waals surface area (Å²) in [7, 11) is 0. The maximum absolute atomic E-state index is 6.04. The Labute approximate surface area is 100 Å². The largest absolute Gasteiger partial charge is 0.379 e. The molecule has 0 aromatic carbocycles. The van der Waals surface area contributed by atoms with E-state index in [1.807, 2.05) is 6.92 Å². The van der Waals surface area contributed by atoms with Crippen molar-refractivity contribution in [1.29, 1.82) is 0 Å². The average molecular weight is 238 g/mol. The molecule has 0 bridgehead atoms. The minimum atomic E-state index is -0.342. The molecule has 2 aliphatic rings. The Balaban J connectivity index is 1.84. The summed E-state index contributed by atoms with van der Waals surface area (Å²) in [5.41, 5.74) is 5.70. The number of aromatic nitrogens is 2. The van der Waals surface area contributed by atoms with Crippen LogP contribution in [0.25, 0.3) is 0 Å². The average Bonchev–Trinajstić information content (AvgIpc) is 3.01. The van der Waals surface area contributed by atoms with Crippen molar-refractivity contribution in [3.05, 3.63) is 5.89 Å². The van der Waals surface area contributed by atoms with Crippen molar-refractivity contribution >= 4 is 5.95 Å². The Morgan fingerprint density at radius 2 is 2.18 bits per heavy atom. The zero-order chi connectivity index (χ0) is 11.9. The first-order valence-electron chi connectivity index (χ1n) is 6.12. The second kappa shape index (κ2) is 3.96. The molecule has 0 saturated carbocycles. The van der Waals surface area contributed by atoms with Crippen molar-refractivity contribution in [2.45, 2.75) is 31.2 Å². The van der Waals surface area contributed by atoms with Crippen LogP contribution in [0.3, 0.4) is 0 Å². The Hall–Kier alpha value is -1.14. The standard InChI is InChI=1S/C11H18N4O2/c1-11(7-16-6-8(11)12)9-13-10(14-17-9)15-4-2-3-5-15/h8H,2-7,12H2,1H3. The van der Waals surface area contributed by atoms with Crippen LogP contribution in [0.5, 0.6) is 0 Å². The first-order valence-corrected chi connectivity index (χ1v) is 6.12. The van der Waals surface area contributed by atoms with Crippen molar-refractivity contribution < 1.29 is 9.26 Å². The summed E-state index contributed by atoms with van der Waals surface area (Å²) >= 11 is 0. The van der Waals surface area contributed by atoms with E-state index in [2.05, 4.69) is 15.0 Å². The van der Waals surface area contributed by atoms with Crippen LogP contribution in [0.4, 0.5) is 5.95 Å². The van der Waals surface area contributed by atoms with Gasteiger partial charge >= 0.3 is 0 Å². The molecule has 0 aliphatic carbocycles. The van der Waals surface area contributed by atoms with E-state index in [0.29, 0.717) is 25.1 Å². The first-order chi connectivity index (χ1) is 8.20. The molecule has 94 valence electrons. The number of anilines is 1. The fourth-order valence-corrected chi connectivity index (χ4v) is 2.40. The molecular formula is C11H18N4O2. The molecule has 6 heteroatoms. The fourth-order valence-electron chi connectivity index (χ4n) is 2.40. The molecule has 2 atom stereocenters. The van der Waals surface area contributed by atoms with Crippen molar-refractivity contribution in [3.8, 4) is 0 Å². The first kappa shape index (κ1) is 11.0. The maximum Gasteiger partial charge on any atom is 0.266 e. The van der Waals surface area contributed by atoms with Crippen LogP contribution in [0.2, 0.25) is 0 Å². The molecule has 1 aromatic rings. The highest BCUT2D eigenvalue weighted by Crippen LogP contribution is 2.32. The lowest BCUT2D eigenvalue weighted by Gasteiger charge is -2.21. The molecule has 2 aliphatic heterocycles. The second-order valence-electron chi connectivity index (χ2n) is 5.13. The summed E-state index contributed by atoms with van der Waals surface area (Å²) in [6, 6.07) is -0.0746. The third-order valence-electron chi connectivity index (χ3n) is 3.81. The van der Waals surface area contributed by atoms with E-state index in [1.165, 1.54) is 12.8 Å². The monoisotopic (exact) mass is 238 g/mol. The minimum absolute atomic E-state index is 0.0746. The van der Waals surface area contributed by atoms with Crippen molar-refractivity contribution in [3.63, 3.8) is 0 Å². The molecule has 0 amide bonds. The van der Waals surface area contributed by atoms with Gasteiger partial charge in [0.1, 0.15) is 0 Å². The van der Waals surface area contributed by atoms with Gasteiger partial charge in [-0.05, 0) is 24.9 Å². The van der Waals surface area contributed by atoms with Gasteiger partial charge in [-0.25, -0.2) is 0 Å². The fraction of sp³-hybridized carbons (Fsp3) is 0.818. The molecule has 6 nitrogen and oxygen atoms in total. The van der Waals surface area contributed by atoms with Crippen LogP contribution in [0.15, 0.2) is 4.52 Å². The highest BCUT2D eigenvalue weighted by atomic mass is 16.5. The zero-order valence-electron chi connectivity index (χ0n) is 10.1. The lowest BCUT2D eigenvalue weighted by Crippen LogP contribution is -2.42. The lowest BCUT2D eigenvalue weighted by atomic mass is 9.86. The summed E-state index contributed by atoms with van der Waals surface area (Å²) in [6.45, 7) is 5.15. The molecule has 17 heavy (non-hydrogen) atoms. The highest BCUT2D eigenvalue weighted by molar-refractivity contribution is 5.30. The van der Waals surface area contributed by atoms with Crippen molar-refractivity contribution in [1.82, 2.24) is 10.1 Å². The molecule has 3 rings (SSSR count). The third kappa shape index (κ3) is 1.71. The van der Waals surface area contributed by atoms with E-state index in [0.717, 1.165) is 13.1 Å². The minimum Gasteiger partial charge on any atom is -0.379 e. The Morgan fingerprint density at radius 1 is 1.41 bits per heavy atom. The summed E-state index contributed by atoms with van der Waals surface area (Å²) in [6.07, 6.45) is 2.40. The van der Waals surface area contributed by atoms with E-state index < -0.39 is 0 Å². The zero-order valence-corrected chi connectivity index (χ0v) is 10.1. The Bertz CT molecular complexity index is 402. The molecule has 0 spiro atoms. The number of nitrogens with two attached hydrogens (primary N) is 1. The van der Waals surface area contributed by atoms with Crippen molar-refractivity contribution in [2.24, 2.45) is 5.73 Å². The van der Waals surface area contributed by atoms with Gasteiger partial charge in [0.2, 0.25) is 5.89 Å². The predicted octanol–water partition coefficient (Wildman–Crippen LogP) is 0.285. The number of hydrogen-bond donors (Lipinski definition) is 1. The van der Waals surface area contributed by atoms with Crippen LogP contribution < -0.4 is 10.6 Å². The Kier molecular flexibility index (Phi) is 2.56. The lowest BCUT2D eigenvalue weighted by molar-refractivity contribution is 0.169. The Morgan fingerprint density at radius 3 is 2.82 bits per heavy atom. The van der Waals surface area contributed by atoms with Crippen LogP contribution >= 0.6 is 0 Å². The van der Waals surface area contributed by atoms with Crippen LogP contribution in [-0.4, -0.2) is 42.5 Å². The summed E-state index contributed by atoms with van der Waals surface area (Å²) in [5.74, 6) is 1.29. The van der Waals surface area contributed by atoms with Crippen LogP contribution in [0, 0.1) is 0 Å². The molecule has 2 N–H and O–H groups in total. The third-order valence-corrected chi connectivity index (χ3v) is 3.81. The number of nitrogens with zero attached hydrogens (tertiary/aromatic N) is 3. The van der Waals surface area contributed by atoms with E-state index >= 15 is 0 Å². The summed E-state index contributed by atoms with van der Waals surface area (Å²) in [4.78, 5) is 6.64.